The van der Waals surface area contributed by atoms with Crippen molar-refractivity contribution in [1.82, 2.24) is 15.3 Å². The Morgan fingerprint density at radius 1 is 1.13 bits per heavy atom. The van der Waals surface area contributed by atoms with Crippen molar-refractivity contribution in [1.29, 1.82) is 0 Å². The lowest BCUT2D eigenvalue weighted by Crippen LogP contribution is -2.43. The Hall–Kier alpha value is -3.78. The summed E-state index contributed by atoms with van der Waals surface area (Å²) in [5.74, 6) is 1.07. The highest BCUT2D eigenvalue weighted by molar-refractivity contribution is 6.11. The number of hydrogen-bond donors (Lipinski definition) is 3. The molecule has 1 fully saturated rings. The van der Waals surface area contributed by atoms with E-state index in [9.17, 15) is 4.79 Å². The van der Waals surface area contributed by atoms with Crippen LogP contribution in [0.3, 0.4) is 0 Å². The van der Waals surface area contributed by atoms with Crippen LogP contribution in [0.4, 0.5) is 11.6 Å². The number of hydrogen-bond acceptors (Lipinski definition) is 7. The average molecular weight is 416 g/mol. The van der Waals surface area contributed by atoms with Crippen LogP contribution in [0.1, 0.15) is 15.9 Å². The first kappa shape index (κ1) is 20.5. The number of fused-ring (bicyclic) bond motifs is 1. The maximum Gasteiger partial charge on any atom is 0.257 e. The Kier molecular flexibility index (Phi) is 6.18. The van der Waals surface area contributed by atoms with Gasteiger partial charge < -0.3 is 21.3 Å². The van der Waals surface area contributed by atoms with Gasteiger partial charge in [0.1, 0.15) is 11.6 Å². The monoisotopic (exact) mass is 415 g/mol. The zero-order valence-corrected chi connectivity index (χ0v) is 17.4. The summed E-state index contributed by atoms with van der Waals surface area (Å²) in [5, 5.41) is 8.13. The quantitative estimate of drug-likeness (QED) is 0.552. The van der Waals surface area contributed by atoms with Gasteiger partial charge in [0.2, 0.25) is 0 Å². The van der Waals surface area contributed by atoms with Gasteiger partial charge in [0, 0.05) is 74.6 Å². The van der Waals surface area contributed by atoms with Gasteiger partial charge in [0.25, 0.3) is 5.91 Å². The molecule has 3 heterocycles. The highest BCUT2D eigenvalue weighted by atomic mass is 16.1. The number of nitrogens with zero attached hydrogens (tertiary/aromatic N) is 4. The fourth-order valence-corrected chi connectivity index (χ4v) is 3.56. The van der Waals surface area contributed by atoms with Crippen LogP contribution in [0.25, 0.3) is 16.3 Å². The minimum atomic E-state index is -0.220. The molecule has 0 unspecified atom stereocenters. The van der Waals surface area contributed by atoms with E-state index in [1.54, 1.807) is 31.7 Å². The fraction of sp³-hybridized carbons (Fsp3) is 0.217. The second-order valence-corrected chi connectivity index (χ2v) is 7.23. The first-order valence-electron chi connectivity index (χ1n) is 10.2. The Morgan fingerprint density at radius 3 is 2.74 bits per heavy atom. The van der Waals surface area contributed by atoms with Gasteiger partial charge in [-0.15, -0.1) is 0 Å². The molecule has 8 nitrogen and oxygen atoms in total. The molecule has 0 bridgehead atoms. The van der Waals surface area contributed by atoms with Gasteiger partial charge in [-0.25, -0.2) is 9.97 Å². The van der Waals surface area contributed by atoms with Crippen LogP contribution in [0, 0.1) is 0 Å². The molecule has 4 rings (SSSR count). The molecule has 0 atom stereocenters. The summed E-state index contributed by atoms with van der Waals surface area (Å²) in [6.45, 7) is 3.56. The molecule has 0 saturated carbocycles. The molecule has 8 heteroatoms. The third-order valence-corrected chi connectivity index (χ3v) is 5.19. The van der Waals surface area contributed by atoms with Crippen LogP contribution >= 0.6 is 0 Å². The largest absolute Gasteiger partial charge is 0.404 e. The summed E-state index contributed by atoms with van der Waals surface area (Å²) < 4.78 is 0. The summed E-state index contributed by atoms with van der Waals surface area (Å²) in [6.07, 6.45) is 6.65. The van der Waals surface area contributed by atoms with E-state index in [0.717, 1.165) is 53.9 Å². The molecule has 1 amide bonds. The molecule has 1 aliphatic heterocycles. The van der Waals surface area contributed by atoms with Gasteiger partial charge in [-0.1, -0.05) is 12.1 Å². The number of nitrogens with two attached hydrogens (primary N) is 1. The Balaban J connectivity index is 1.56. The predicted molar refractivity (Wildman–Crippen MR) is 126 cm³/mol. The lowest BCUT2D eigenvalue weighted by atomic mass is 10.0. The molecule has 3 aromatic rings. The summed E-state index contributed by atoms with van der Waals surface area (Å²) in [5.41, 5.74) is 8.04. The maximum atomic E-state index is 12.8. The molecule has 1 aliphatic rings. The van der Waals surface area contributed by atoms with Gasteiger partial charge in [-0.2, -0.15) is 0 Å². The van der Waals surface area contributed by atoms with Gasteiger partial charge in [-0.3, -0.25) is 9.79 Å². The molecular formula is C23H25N7O. The second-order valence-electron chi connectivity index (χ2n) is 7.23. The number of pyridine rings is 2. The number of anilines is 2. The number of allylic oxidation sites excluding steroid dienone is 1. The number of piperazine rings is 1. The van der Waals surface area contributed by atoms with E-state index >= 15 is 0 Å². The number of nitrogens with one attached hydrogen (secondary N) is 2. The van der Waals surface area contributed by atoms with E-state index in [4.69, 9.17) is 5.73 Å². The number of amides is 1. The van der Waals surface area contributed by atoms with Gasteiger partial charge in [-0.05, 0) is 35.2 Å². The van der Waals surface area contributed by atoms with Crippen molar-refractivity contribution in [3.63, 3.8) is 0 Å². The third-order valence-electron chi connectivity index (χ3n) is 5.19. The van der Waals surface area contributed by atoms with Gasteiger partial charge in [0.15, 0.2) is 0 Å². The molecule has 0 spiro atoms. The van der Waals surface area contributed by atoms with E-state index in [2.05, 4.69) is 30.5 Å². The van der Waals surface area contributed by atoms with Crippen molar-refractivity contribution in [2.45, 2.75) is 0 Å². The average Bonchev–Trinajstić information content (AvgIpc) is 2.82. The highest BCUT2D eigenvalue weighted by Crippen LogP contribution is 2.22. The van der Waals surface area contributed by atoms with Crippen LogP contribution in [-0.2, 0) is 0 Å². The number of benzene rings is 1. The lowest BCUT2D eigenvalue weighted by molar-refractivity contribution is 0.102. The van der Waals surface area contributed by atoms with Crippen molar-refractivity contribution in [3.8, 4) is 0 Å². The van der Waals surface area contributed by atoms with E-state index in [0.29, 0.717) is 11.4 Å². The van der Waals surface area contributed by atoms with Gasteiger partial charge >= 0.3 is 0 Å². The number of aliphatic imine (C=N–C) groups is 1. The van der Waals surface area contributed by atoms with Crippen molar-refractivity contribution >= 4 is 40.1 Å². The molecular weight excluding hydrogens is 390 g/mol. The number of carbonyl (C=O) groups is 1. The van der Waals surface area contributed by atoms with Crippen molar-refractivity contribution in [2.24, 2.45) is 10.7 Å². The number of rotatable bonds is 5. The lowest BCUT2D eigenvalue weighted by Gasteiger charge is -2.28. The molecule has 31 heavy (non-hydrogen) atoms. The van der Waals surface area contributed by atoms with Crippen LogP contribution in [0.2, 0.25) is 0 Å². The van der Waals surface area contributed by atoms with E-state index in [1.807, 2.05) is 30.3 Å². The van der Waals surface area contributed by atoms with E-state index in [1.165, 1.54) is 6.20 Å². The van der Waals surface area contributed by atoms with Crippen LogP contribution in [0.15, 0.2) is 60.0 Å². The Labute approximate surface area is 180 Å². The minimum absolute atomic E-state index is 0.220. The predicted octanol–water partition coefficient (Wildman–Crippen LogP) is 2.29. The molecule has 1 aromatic carbocycles. The molecule has 0 aliphatic carbocycles. The summed E-state index contributed by atoms with van der Waals surface area (Å²) in [7, 11) is 1.70. The summed E-state index contributed by atoms with van der Waals surface area (Å²) in [4.78, 5) is 27.9. The maximum absolute atomic E-state index is 12.8. The van der Waals surface area contributed by atoms with Gasteiger partial charge in [0.05, 0.1) is 0 Å². The standard InChI is InChI=1S/C23H25N7O/c1-25-14-20(13-24)16-2-3-18-15-28-21(11-19(18)10-16)29-23(31)17-4-5-27-22(12-17)30-8-6-26-7-9-30/h2-5,10-15,26H,6-9,24H2,1H3,(H,28,29,31). The number of carbonyl (C=O) groups excluding carboxylic acids is 1. The molecule has 4 N–H and O–H groups in total. The van der Waals surface area contributed by atoms with Crippen LogP contribution in [-0.4, -0.2) is 55.3 Å². The van der Waals surface area contributed by atoms with Crippen molar-refractivity contribution < 1.29 is 4.79 Å². The first-order valence-corrected chi connectivity index (χ1v) is 10.2. The molecule has 158 valence electrons. The smallest absolute Gasteiger partial charge is 0.257 e. The SMILES string of the molecule is CN=CC(=CN)c1ccc2cnc(NC(=O)c3ccnc(N4CCNCC4)c3)cc2c1. The Morgan fingerprint density at radius 2 is 1.97 bits per heavy atom. The molecule has 0 radical (unpaired) electrons. The minimum Gasteiger partial charge on any atom is -0.404 e. The second kappa shape index (κ2) is 9.36. The summed E-state index contributed by atoms with van der Waals surface area (Å²) >= 11 is 0. The summed E-state index contributed by atoms with van der Waals surface area (Å²) in [6, 6.07) is 11.3. The van der Waals surface area contributed by atoms with E-state index in [-0.39, 0.29) is 5.91 Å². The molecule has 1 saturated heterocycles. The number of aromatic nitrogens is 2. The first-order chi connectivity index (χ1) is 15.2. The zero-order valence-electron chi connectivity index (χ0n) is 17.4. The normalized spacial score (nSPS) is 14.9. The highest BCUT2D eigenvalue weighted by Gasteiger charge is 2.14. The zero-order chi connectivity index (χ0) is 21.6. The van der Waals surface area contributed by atoms with E-state index < -0.39 is 0 Å². The van der Waals surface area contributed by atoms with Crippen molar-refractivity contribution in [2.75, 3.05) is 43.4 Å². The van der Waals surface area contributed by atoms with Crippen molar-refractivity contribution in [3.05, 3.63) is 66.1 Å². The third kappa shape index (κ3) is 4.70. The van der Waals surface area contributed by atoms with Crippen LogP contribution < -0.4 is 21.3 Å². The molecule has 2 aromatic heterocycles. The Bertz CT molecular complexity index is 1150. The fourth-order valence-electron chi connectivity index (χ4n) is 3.56. The van der Waals surface area contributed by atoms with Crippen LogP contribution in [0.5, 0.6) is 0 Å². The topological polar surface area (TPSA) is 109 Å².